The molecule has 3 heteroatoms. The zero-order valence-corrected chi connectivity index (χ0v) is 12.4. The van der Waals surface area contributed by atoms with Gasteiger partial charge in [0.2, 0.25) is 0 Å². The molecule has 2 unspecified atom stereocenters. The molecule has 2 N–H and O–H groups in total. The van der Waals surface area contributed by atoms with Crippen LogP contribution in [0.2, 0.25) is 0 Å². The maximum absolute atomic E-state index is 10.5. The molecule has 0 bridgehead atoms. The van der Waals surface area contributed by atoms with Crippen LogP contribution in [-0.2, 0) is 0 Å². The topological polar surface area (TPSA) is 43.7 Å². The average Bonchev–Trinajstić information content (AvgIpc) is 3.01. The van der Waals surface area contributed by atoms with Crippen LogP contribution in [0.3, 0.4) is 0 Å². The smallest absolute Gasteiger partial charge is 0.0827 e. The molecule has 1 aliphatic rings. The Kier molecular flexibility index (Phi) is 6.02. The fourth-order valence-corrected chi connectivity index (χ4v) is 3.27. The maximum atomic E-state index is 10.5. The second-order valence-electron chi connectivity index (χ2n) is 5.99. The Morgan fingerprint density at radius 1 is 1.20 bits per heavy atom. The molecule has 2 rings (SSSR count). The van der Waals surface area contributed by atoms with Gasteiger partial charge in [0.15, 0.2) is 0 Å². The Bertz CT molecular complexity index is 376. The minimum absolute atomic E-state index is 0.171. The minimum Gasteiger partial charge on any atom is -0.395 e. The van der Waals surface area contributed by atoms with Crippen LogP contribution in [-0.4, -0.2) is 40.9 Å². The van der Waals surface area contributed by atoms with Crippen molar-refractivity contribution < 1.29 is 10.2 Å². The number of hydrogen-bond acceptors (Lipinski definition) is 3. The van der Waals surface area contributed by atoms with E-state index in [1.165, 1.54) is 25.7 Å². The molecule has 1 aromatic rings. The molecule has 0 amide bonds. The van der Waals surface area contributed by atoms with Crippen LogP contribution < -0.4 is 0 Å². The van der Waals surface area contributed by atoms with Crippen molar-refractivity contribution in [2.75, 3.05) is 19.7 Å². The molecular weight excluding hydrogens is 250 g/mol. The first kappa shape index (κ1) is 15.5. The minimum atomic E-state index is -0.432. The molecule has 0 radical (unpaired) electrons. The SMILES string of the molecule is CC(CN(CCO)C1CCCC1)C(O)c1ccccc1. The normalized spacial score (nSPS) is 19.4. The monoisotopic (exact) mass is 277 g/mol. The van der Waals surface area contributed by atoms with Crippen LogP contribution in [0.15, 0.2) is 30.3 Å². The number of hydrogen-bond donors (Lipinski definition) is 2. The van der Waals surface area contributed by atoms with Crippen molar-refractivity contribution in [3.63, 3.8) is 0 Å². The lowest BCUT2D eigenvalue weighted by molar-refractivity contribution is 0.0650. The van der Waals surface area contributed by atoms with Gasteiger partial charge in [0, 0.05) is 19.1 Å². The largest absolute Gasteiger partial charge is 0.395 e. The molecule has 3 nitrogen and oxygen atoms in total. The number of nitrogens with zero attached hydrogens (tertiary/aromatic N) is 1. The van der Waals surface area contributed by atoms with E-state index >= 15 is 0 Å². The number of aliphatic hydroxyl groups excluding tert-OH is 2. The van der Waals surface area contributed by atoms with E-state index in [9.17, 15) is 10.2 Å². The summed E-state index contributed by atoms with van der Waals surface area (Å²) in [7, 11) is 0. The van der Waals surface area contributed by atoms with Gasteiger partial charge in [0.05, 0.1) is 12.7 Å². The van der Waals surface area contributed by atoms with Crippen LogP contribution in [0, 0.1) is 5.92 Å². The first-order chi connectivity index (χ1) is 9.72. The quantitative estimate of drug-likeness (QED) is 0.805. The standard InChI is InChI=1S/C17H27NO2/c1-14(17(20)15-7-3-2-4-8-15)13-18(11-12-19)16-9-5-6-10-16/h2-4,7-8,14,16-17,19-20H,5-6,9-13H2,1H3. The summed E-state index contributed by atoms with van der Waals surface area (Å²) in [5, 5.41) is 19.7. The Hall–Kier alpha value is -0.900. The molecule has 112 valence electrons. The van der Waals surface area contributed by atoms with E-state index in [-0.39, 0.29) is 12.5 Å². The van der Waals surface area contributed by atoms with E-state index in [0.717, 1.165) is 18.7 Å². The van der Waals surface area contributed by atoms with Crippen LogP contribution >= 0.6 is 0 Å². The molecule has 0 aliphatic heterocycles. The summed E-state index contributed by atoms with van der Waals surface area (Å²) in [5.41, 5.74) is 0.982. The highest BCUT2D eigenvalue weighted by Gasteiger charge is 2.26. The number of rotatable bonds is 7. The Morgan fingerprint density at radius 3 is 2.45 bits per heavy atom. The zero-order valence-electron chi connectivity index (χ0n) is 12.4. The first-order valence-electron chi connectivity index (χ1n) is 7.80. The summed E-state index contributed by atoms with van der Waals surface area (Å²) >= 11 is 0. The molecular formula is C17H27NO2. The summed E-state index contributed by atoms with van der Waals surface area (Å²) in [6.07, 6.45) is 4.62. The van der Waals surface area contributed by atoms with Gasteiger partial charge in [-0.2, -0.15) is 0 Å². The molecule has 0 saturated heterocycles. The van der Waals surface area contributed by atoms with Crippen molar-refractivity contribution in [1.29, 1.82) is 0 Å². The Labute approximate surface area is 122 Å². The van der Waals surface area contributed by atoms with E-state index in [0.29, 0.717) is 6.04 Å². The fourth-order valence-electron chi connectivity index (χ4n) is 3.27. The molecule has 1 aliphatic carbocycles. The molecule has 0 heterocycles. The zero-order chi connectivity index (χ0) is 14.4. The number of benzene rings is 1. The third-order valence-electron chi connectivity index (χ3n) is 4.43. The van der Waals surface area contributed by atoms with Crippen LogP contribution in [0.1, 0.15) is 44.3 Å². The van der Waals surface area contributed by atoms with E-state index in [1.54, 1.807) is 0 Å². The molecule has 2 atom stereocenters. The van der Waals surface area contributed by atoms with Crippen molar-refractivity contribution in [1.82, 2.24) is 4.90 Å². The Balaban J connectivity index is 1.95. The lowest BCUT2D eigenvalue weighted by Crippen LogP contribution is -2.39. The van der Waals surface area contributed by atoms with Gasteiger partial charge < -0.3 is 10.2 Å². The molecule has 1 saturated carbocycles. The molecule has 0 aromatic heterocycles. The fraction of sp³-hybridized carbons (Fsp3) is 0.647. The van der Waals surface area contributed by atoms with Crippen LogP contribution in [0.25, 0.3) is 0 Å². The average molecular weight is 277 g/mol. The van der Waals surface area contributed by atoms with Crippen molar-refractivity contribution in [2.24, 2.45) is 5.92 Å². The third-order valence-corrected chi connectivity index (χ3v) is 4.43. The van der Waals surface area contributed by atoms with Gasteiger partial charge in [-0.3, -0.25) is 4.90 Å². The summed E-state index contributed by atoms with van der Waals surface area (Å²) in [6, 6.07) is 10.5. The maximum Gasteiger partial charge on any atom is 0.0827 e. The second-order valence-corrected chi connectivity index (χ2v) is 5.99. The first-order valence-corrected chi connectivity index (χ1v) is 7.80. The van der Waals surface area contributed by atoms with Gasteiger partial charge >= 0.3 is 0 Å². The van der Waals surface area contributed by atoms with Gasteiger partial charge in [0.25, 0.3) is 0 Å². The van der Waals surface area contributed by atoms with Gasteiger partial charge in [-0.25, -0.2) is 0 Å². The van der Waals surface area contributed by atoms with Gasteiger partial charge in [-0.05, 0) is 24.3 Å². The summed E-state index contributed by atoms with van der Waals surface area (Å²) in [6.45, 7) is 3.86. The van der Waals surface area contributed by atoms with E-state index in [2.05, 4.69) is 11.8 Å². The van der Waals surface area contributed by atoms with Crippen molar-refractivity contribution in [2.45, 2.75) is 44.8 Å². The lowest BCUT2D eigenvalue weighted by atomic mass is 9.96. The van der Waals surface area contributed by atoms with Gasteiger partial charge in [-0.1, -0.05) is 50.1 Å². The number of aliphatic hydroxyl groups is 2. The van der Waals surface area contributed by atoms with E-state index in [4.69, 9.17) is 0 Å². The highest BCUT2D eigenvalue weighted by atomic mass is 16.3. The molecule has 0 spiro atoms. The second kappa shape index (κ2) is 7.77. The molecule has 20 heavy (non-hydrogen) atoms. The van der Waals surface area contributed by atoms with Gasteiger partial charge in [-0.15, -0.1) is 0 Å². The van der Waals surface area contributed by atoms with E-state index < -0.39 is 6.10 Å². The molecule has 1 fully saturated rings. The summed E-state index contributed by atoms with van der Waals surface area (Å²) < 4.78 is 0. The third kappa shape index (κ3) is 4.05. The summed E-state index contributed by atoms with van der Waals surface area (Å²) in [5.74, 6) is 0.171. The van der Waals surface area contributed by atoms with Crippen molar-refractivity contribution in [3.8, 4) is 0 Å². The highest BCUT2D eigenvalue weighted by Crippen LogP contribution is 2.27. The van der Waals surface area contributed by atoms with E-state index in [1.807, 2.05) is 30.3 Å². The predicted octanol–water partition coefficient (Wildman–Crippen LogP) is 2.59. The van der Waals surface area contributed by atoms with Crippen molar-refractivity contribution >= 4 is 0 Å². The van der Waals surface area contributed by atoms with Gasteiger partial charge in [0.1, 0.15) is 0 Å². The highest BCUT2D eigenvalue weighted by molar-refractivity contribution is 5.17. The predicted molar refractivity (Wildman–Crippen MR) is 81.5 cm³/mol. The summed E-state index contributed by atoms with van der Waals surface area (Å²) in [4.78, 5) is 2.36. The van der Waals surface area contributed by atoms with Crippen LogP contribution in [0.5, 0.6) is 0 Å². The van der Waals surface area contributed by atoms with Crippen LogP contribution in [0.4, 0.5) is 0 Å². The van der Waals surface area contributed by atoms with Crippen molar-refractivity contribution in [3.05, 3.63) is 35.9 Å². The molecule has 1 aromatic carbocycles. The Morgan fingerprint density at radius 2 is 1.85 bits per heavy atom. The lowest BCUT2D eigenvalue weighted by Gasteiger charge is -2.32.